The minimum Gasteiger partial charge on any atom is -0.487 e. The maximum Gasteiger partial charge on any atom is 0.130 e. The van der Waals surface area contributed by atoms with Crippen LogP contribution in [0.2, 0.25) is 0 Å². The summed E-state index contributed by atoms with van der Waals surface area (Å²) in [5, 5.41) is 8.85. The topological polar surface area (TPSA) is 45.5 Å². The molecule has 0 amide bonds. The van der Waals surface area contributed by atoms with Crippen molar-refractivity contribution in [2.75, 3.05) is 0 Å². The SMILES string of the molecule is CC(C)[C@@H]1Oc2ccc(C#N)cc2[C@@H]2O[C@@H]21. The third-order valence-corrected chi connectivity index (χ3v) is 3.21. The highest BCUT2D eigenvalue weighted by Crippen LogP contribution is 2.51. The molecule has 3 atom stereocenters. The predicted octanol–water partition coefficient (Wildman–Crippen LogP) is 2.42. The summed E-state index contributed by atoms with van der Waals surface area (Å²) in [4.78, 5) is 0. The highest BCUT2D eigenvalue weighted by atomic mass is 16.6. The van der Waals surface area contributed by atoms with Gasteiger partial charge in [-0.05, 0) is 24.1 Å². The van der Waals surface area contributed by atoms with Gasteiger partial charge in [0.1, 0.15) is 24.1 Å². The van der Waals surface area contributed by atoms with Crippen molar-refractivity contribution in [1.29, 1.82) is 5.26 Å². The Morgan fingerprint density at radius 1 is 1.38 bits per heavy atom. The van der Waals surface area contributed by atoms with Crippen LogP contribution in [0.3, 0.4) is 0 Å². The molecule has 1 aromatic carbocycles. The van der Waals surface area contributed by atoms with Crippen molar-refractivity contribution in [3.8, 4) is 11.8 Å². The molecular weight excluding hydrogens is 202 g/mol. The van der Waals surface area contributed by atoms with Gasteiger partial charge < -0.3 is 9.47 Å². The van der Waals surface area contributed by atoms with E-state index in [1.165, 1.54) is 0 Å². The van der Waals surface area contributed by atoms with E-state index in [-0.39, 0.29) is 18.3 Å². The van der Waals surface area contributed by atoms with Crippen molar-refractivity contribution in [2.24, 2.45) is 5.92 Å². The number of fused-ring (bicyclic) bond motifs is 3. The van der Waals surface area contributed by atoms with Crippen molar-refractivity contribution in [3.63, 3.8) is 0 Å². The highest BCUT2D eigenvalue weighted by Gasteiger charge is 2.52. The summed E-state index contributed by atoms with van der Waals surface area (Å²) < 4.78 is 11.6. The number of hydrogen-bond donors (Lipinski definition) is 0. The summed E-state index contributed by atoms with van der Waals surface area (Å²) in [5.74, 6) is 1.32. The minimum atomic E-state index is 0.143. The van der Waals surface area contributed by atoms with E-state index in [1.807, 2.05) is 12.1 Å². The number of rotatable bonds is 1. The number of epoxide rings is 1. The minimum absolute atomic E-state index is 0.143. The van der Waals surface area contributed by atoms with E-state index in [0.717, 1.165) is 11.3 Å². The van der Waals surface area contributed by atoms with Crippen LogP contribution in [0.15, 0.2) is 18.2 Å². The van der Waals surface area contributed by atoms with Crippen LogP contribution in [0.1, 0.15) is 31.1 Å². The zero-order valence-electron chi connectivity index (χ0n) is 9.31. The maximum atomic E-state index is 8.85. The molecule has 0 radical (unpaired) electrons. The van der Waals surface area contributed by atoms with E-state index >= 15 is 0 Å². The first-order valence-corrected chi connectivity index (χ1v) is 5.57. The van der Waals surface area contributed by atoms with Crippen molar-refractivity contribution in [3.05, 3.63) is 29.3 Å². The van der Waals surface area contributed by atoms with Crippen LogP contribution < -0.4 is 4.74 Å². The summed E-state index contributed by atoms with van der Waals surface area (Å²) in [6, 6.07) is 7.68. The van der Waals surface area contributed by atoms with Gasteiger partial charge in [0.15, 0.2) is 0 Å². The Labute approximate surface area is 94.6 Å². The van der Waals surface area contributed by atoms with Crippen molar-refractivity contribution < 1.29 is 9.47 Å². The van der Waals surface area contributed by atoms with Crippen molar-refractivity contribution in [2.45, 2.75) is 32.2 Å². The zero-order valence-corrected chi connectivity index (χ0v) is 9.31. The third-order valence-electron chi connectivity index (χ3n) is 3.21. The van der Waals surface area contributed by atoms with E-state index in [9.17, 15) is 0 Å². The fourth-order valence-corrected chi connectivity index (χ4v) is 2.30. The molecule has 2 aliphatic heterocycles. The van der Waals surface area contributed by atoms with Gasteiger partial charge in [-0.25, -0.2) is 0 Å². The van der Waals surface area contributed by atoms with Gasteiger partial charge in [0.25, 0.3) is 0 Å². The first-order valence-electron chi connectivity index (χ1n) is 5.57. The van der Waals surface area contributed by atoms with Crippen LogP contribution in [0.25, 0.3) is 0 Å². The number of ether oxygens (including phenoxy) is 2. The summed E-state index contributed by atoms with van der Waals surface area (Å²) >= 11 is 0. The standard InChI is InChI=1S/C13H13NO2/c1-7(2)11-13-12(16-13)9-5-8(6-14)3-4-10(9)15-11/h3-5,7,11-13H,1-2H3/t11-,12-,13+/m0/s1. The molecular formula is C13H13NO2. The van der Waals surface area contributed by atoms with Crippen molar-refractivity contribution >= 4 is 0 Å². The molecule has 1 saturated heterocycles. The summed E-state index contributed by atoms with van der Waals surface area (Å²) in [6.45, 7) is 4.27. The largest absolute Gasteiger partial charge is 0.487 e. The van der Waals surface area contributed by atoms with E-state index in [2.05, 4.69) is 19.9 Å². The molecule has 2 aliphatic rings. The van der Waals surface area contributed by atoms with Gasteiger partial charge in [-0.2, -0.15) is 5.26 Å². The van der Waals surface area contributed by atoms with Gasteiger partial charge in [0, 0.05) is 5.56 Å². The molecule has 1 fully saturated rings. The molecule has 0 bridgehead atoms. The molecule has 2 heterocycles. The molecule has 0 unspecified atom stereocenters. The van der Waals surface area contributed by atoms with Gasteiger partial charge in [-0.15, -0.1) is 0 Å². The molecule has 3 nitrogen and oxygen atoms in total. The summed E-state index contributed by atoms with van der Waals surface area (Å²) in [5.41, 5.74) is 1.69. The normalized spacial score (nSPS) is 30.0. The Morgan fingerprint density at radius 3 is 2.88 bits per heavy atom. The average Bonchev–Trinajstić information content (AvgIpc) is 3.07. The Hall–Kier alpha value is -1.53. The first kappa shape index (κ1) is 9.68. The van der Waals surface area contributed by atoms with E-state index in [4.69, 9.17) is 14.7 Å². The fraction of sp³-hybridized carbons (Fsp3) is 0.462. The van der Waals surface area contributed by atoms with Crippen LogP contribution in [0.5, 0.6) is 5.75 Å². The Bertz CT molecular complexity index is 475. The van der Waals surface area contributed by atoms with Crippen molar-refractivity contribution in [1.82, 2.24) is 0 Å². The van der Waals surface area contributed by atoms with Gasteiger partial charge in [0.05, 0.1) is 11.6 Å². The predicted molar refractivity (Wildman–Crippen MR) is 58.0 cm³/mol. The van der Waals surface area contributed by atoms with Crippen LogP contribution in [-0.2, 0) is 4.74 Å². The molecule has 82 valence electrons. The van der Waals surface area contributed by atoms with Crippen LogP contribution in [0, 0.1) is 17.2 Å². The van der Waals surface area contributed by atoms with Gasteiger partial charge in [-0.1, -0.05) is 13.8 Å². The highest BCUT2D eigenvalue weighted by molar-refractivity contribution is 5.47. The van der Waals surface area contributed by atoms with Crippen LogP contribution in [0.4, 0.5) is 0 Å². The molecule has 0 aromatic heterocycles. The Kier molecular flexibility index (Phi) is 1.95. The second-order valence-electron chi connectivity index (χ2n) is 4.71. The number of hydrogen-bond acceptors (Lipinski definition) is 3. The Morgan fingerprint density at radius 2 is 2.19 bits per heavy atom. The third kappa shape index (κ3) is 1.30. The number of benzene rings is 1. The number of nitriles is 1. The monoisotopic (exact) mass is 215 g/mol. The van der Waals surface area contributed by atoms with E-state index < -0.39 is 0 Å². The lowest BCUT2D eigenvalue weighted by molar-refractivity contribution is 0.115. The lowest BCUT2D eigenvalue weighted by Gasteiger charge is -2.25. The lowest BCUT2D eigenvalue weighted by Crippen LogP contribution is -2.32. The van der Waals surface area contributed by atoms with Gasteiger partial charge >= 0.3 is 0 Å². The molecule has 0 aliphatic carbocycles. The molecule has 3 rings (SSSR count). The molecule has 16 heavy (non-hydrogen) atoms. The van der Waals surface area contributed by atoms with E-state index in [0.29, 0.717) is 11.5 Å². The fourth-order valence-electron chi connectivity index (χ4n) is 2.30. The lowest BCUT2D eigenvalue weighted by atomic mass is 9.95. The first-order chi connectivity index (χ1) is 7.70. The second kappa shape index (κ2) is 3.23. The second-order valence-corrected chi connectivity index (χ2v) is 4.71. The number of nitrogens with zero attached hydrogens (tertiary/aromatic N) is 1. The summed E-state index contributed by atoms with van der Waals surface area (Å²) in [7, 11) is 0. The molecule has 1 aromatic rings. The molecule has 0 saturated carbocycles. The summed E-state index contributed by atoms with van der Waals surface area (Å²) in [6.07, 6.45) is 0.469. The molecule has 3 heteroatoms. The molecule has 0 N–H and O–H groups in total. The quantitative estimate of drug-likeness (QED) is 0.676. The van der Waals surface area contributed by atoms with Gasteiger partial charge in [0.2, 0.25) is 0 Å². The maximum absolute atomic E-state index is 8.85. The zero-order chi connectivity index (χ0) is 11.3. The van der Waals surface area contributed by atoms with Gasteiger partial charge in [-0.3, -0.25) is 0 Å². The Balaban J connectivity index is 1.99. The van der Waals surface area contributed by atoms with Crippen LogP contribution in [-0.4, -0.2) is 12.2 Å². The molecule has 0 spiro atoms. The smallest absolute Gasteiger partial charge is 0.130 e. The van der Waals surface area contributed by atoms with E-state index in [1.54, 1.807) is 6.07 Å². The van der Waals surface area contributed by atoms with Crippen LogP contribution >= 0.6 is 0 Å². The average molecular weight is 215 g/mol.